The summed E-state index contributed by atoms with van der Waals surface area (Å²) < 4.78 is 7.19. The summed E-state index contributed by atoms with van der Waals surface area (Å²) in [4.78, 5) is 14.0. The Balaban J connectivity index is 2.27. The molecule has 1 aliphatic rings. The zero-order chi connectivity index (χ0) is 12.4. The molecule has 1 unspecified atom stereocenters. The molecule has 1 aromatic rings. The molecule has 1 aliphatic heterocycles. The average Bonchev–Trinajstić information content (AvgIpc) is 2.75. The smallest absolute Gasteiger partial charge is 0.249 e. The number of rotatable bonds is 3. The Kier molecular flexibility index (Phi) is 3.52. The SMILES string of the molecule is COCC(=O)N1CCn2cccc2C1C(C)C. The van der Waals surface area contributed by atoms with Gasteiger partial charge in [-0.2, -0.15) is 0 Å². The van der Waals surface area contributed by atoms with Crippen LogP contribution in [0, 0.1) is 5.92 Å². The van der Waals surface area contributed by atoms with Crippen LogP contribution in [-0.4, -0.2) is 35.6 Å². The van der Waals surface area contributed by atoms with Crippen LogP contribution in [-0.2, 0) is 16.1 Å². The van der Waals surface area contributed by atoms with Crippen LogP contribution in [0.15, 0.2) is 18.3 Å². The number of ether oxygens (including phenoxy) is 1. The first-order valence-corrected chi connectivity index (χ1v) is 6.08. The molecule has 2 rings (SSSR count). The lowest BCUT2D eigenvalue weighted by atomic mass is 9.97. The molecule has 0 aliphatic carbocycles. The molecule has 94 valence electrons. The van der Waals surface area contributed by atoms with E-state index in [4.69, 9.17) is 4.74 Å². The number of hydrogen-bond acceptors (Lipinski definition) is 2. The minimum Gasteiger partial charge on any atom is -0.375 e. The highest BCUT2D eigenvalue weighted by Crippen LogP contribution is 2.32. The lowest BCUT2D eigenvalue weighted by Crippen LogP contribution is -2.45. The van der Waals surface area contributed by atoms with Gasteiger partial charge in [-0.15, -0.1) is 0 Å². The molecule has 0 saturated heterocycles. The summed E-state index contributed by atoms with van der Waals surface area (Å²) in [6.45, 7) is 6.12. The molecule has 0 fully saturated rings. The standard InChI is InChI=1S/C13H20N2O2/c1-10(2)13-11-5-4-6-14(11)7-8-15(13)12(16)9-17-3/h4-6,10,13H,7-9H2,1-3H3. The van der Waals surface area contributed by atoms with Crippen molar-refractivity contribution in [3.05, 3.63) is 24.0 Å². The van der Waals surface area contributed by atoms with Crippen molar-refractivity contribution in [3.8, 4) is 0 Å². The molecule has 1 atom stereocenters. The molecular formula is C13H20N2O2. The highest BCUT2D eigenvalue weighted by Gasteiger charge is 2.32. The molecule has 0 bridgehead atoms. The Morgan fingerprint density at radius 1 is 1.53 bits per heavy atom. The normalized spacial score (nSPS) is 19.5. The van der Waals surface area contributed by atoms with E-state index in [1.807, 2.05) is 4.90 Å². The zero-order valence-corrected chi connectivity index (χ0v) is 10.7. The number of fused-ring (bicyclic) bond motifs is 1. The fourth-order valence-corrected chi connectivity index (χ4v) is 2.60. The summed E-state index contributed by atoms with van der Waals surface area (Å²) in [5.41, 5.74) is 1.23. The molecule has 4 nitrogen and oxygen atoms in total. The third-order valence-corrected chi connectivity index (χ3v) is 3.30. The van der Waals surface area contributed by atoms with Gasteiger partial charge in [0.2, 0.25) is 5.91 Å². The first-order chi connectivity index (χ1) is 8.15. The van der Waals surface area contributed by atoms with Crippen molar-refractivity contribution >= 4 is 5.91 Å². The van der Waals surface area contributed by atoms with Crippen molar-refractivity contribution in [2.75, 3.05) is 20.3 Å². The Bertz CT molecular complexity index is 398. The second kappa shape index (κ2) is 4.92. The van der Waals surface area contributed by atoms with E-state index in [1.54, 1.807) is 7.11 Å². The number of nitrogens with zero attached hydrogens (tertiary/aromatic N) is 2. The second-order valence-corrected chi connectivity index (χ2v) is 4.84. The fourth-order valence-electron chi connectivity index (χ4n) is 2.60. The molecule has 0 radical (unpaired) electrons. The third-order valence-electron chi connectivity index (χ3n) is 3.30. The molecule has 0 N–H and O–H groups in total. The predicted molar refractivity (Wildman–Crippen MR) is 65.6 cm³/mol. The van der Waals surface area contributed by atoms with Crippen molar-refractivity contribution in [1.29, 1.82) is 0 Å². The zero-order valence-electron chi connectivity index (χ0n) is 10.7. The lowest BCUT2D eigenvalue weighted by molar-refractivity contribution is -0.140. The molecule has 1 amide bonds. The van der Waals surface area contributed by atoms with Gasteiger partial charge in [-0.05, 0) is 18.1 Å². The van der Waals surface area contributed by atoms with E-state index in [0.717, 1.165) is 13.1 Å². The fraction of sp³-hybridized carbons (Fsp3) is 0.615. The maximum atomic E-state index is 12.0. The van der Waals surface area contributed by atoms with Gasteiger partial charge in [0.05, 0.1) is 6.04 Å². The largest absolute Gasteiger partial charge is 0.375 e. The van der Waals surface area contributed by atoms with Gasteiger partial charge < -0.3 is 14.2 Å². The molecule has 17 heavy (non-hydrogen) atoms. The predicted octanol–water partition coefficient (Wildman–Crippen LogP) is 1.67. The van der Waals surface area contributed by atoms with E-state index in [1.165, 1.54) is 5.69 Å². The van der Waals surface area contributed by atoms with Crippen molar-refractivity contribution in [2.45, 2.75) is 26.4 Å². The Labute approximate surface area is 102 Å². The molecule has 1 aromatic heterocycles. The van der Waals surface area contributed by atoms with Gasteiger partial charge in [-0.3, -0.25) is 4.79 Å². The highest BCUT2D eigenvalue weighted by atomic mass is 16.5. The molecule has 2 heterocycles. The quantitative estimate of drug-likeness (QED) is 0.800. The molecule has 0 saturated carbocycles. The van der Waals surface area contributed by atoms with E-state index in [0.29, 0.717) is 5.92 Å². The first-order valence-electron chi connectivity index (χ1n) is 6.08. The van der Waals surface area contributed by atoms with Crippen LogP contribution in [0.5, 0.6) is 0 Å². The number of hydrogen-bond donors (Lipinski definition) is 0. The monoisotopic (exact) mass is 236 g/mol. The molecular weight excluding hydrogens is 216 g/mol. The lowest BCUT2D eigenvalue weighted by Gasteiger charge is -2.39. The van der Waals surface area contributed by atoms with Gasteiger partial charge in [0.25, 0.3) is 0 Å². The second-order valence-electron chi connectivity index (χ2n) is 4.84. The topological polar surface area (TPSA) is 34.5 Å². The van der Waals surface area contributed by atoms with Gasteiger partial charge in [-0.1, -0.05) is 13.8 Å². The van der Waals surface area contributed by atoms with Crippen molar-refractivity contribution in [3.63, 3.8) is 0 Å². The maximum absolute atomic E-state index is 12.0. The van der Waals surface area contributed by atoms with Gasteiger partial charge in [0.1, 0.15) is 6.61 Å². The van der Waals surface area contributed by atoms with E-state index < -0.39 is 0 Å². The van der Waals surface area contributed by atoms with Crippen LogP contribution in [0.4, 0.5) is 0 Å². The highest BCUT2D eigenvalue weighted by molar-refractivity contribution is 5.78. The van der Waals surface area contributed by atoms with Crippen LogP contribution in [0.1, 0.15) is 25.6 Å². The van der Waals surface area contributed by atoms with Crippen LogP contribution >= 0.6 is 0 Å². The molecule has 0 spiro atoms. The summed E-state index contributed by atoms with van der Waals surface area (Å²) >= 11 is 0. The van der Waals surface area contributed by atoms with Gasteiger partial charge in [0.15, 0.2) is 0 Å². The summed E-state index contributed by atoms with van der Waals surface area (Å²) in [6, 6.07) is 4.33. The summed E-state index contributed by atoms with van der Waals surface area (Å²) in [6.07, 6.45) is 2.09. The Hall–Kier alpha value is -1.29. The van der Waals surface area contributed by atoms with Crippen molar-refractivity contribution < 1.29 is 9.53 Å². The van der Waals surface area contributed by atoms with E-state index >= 15 is 0 Å². The maximum Gasteiger partial charge on any atom is 0.249 e. The van der Waals surface area contributed by atoms with Crippen molar-refractivity contribution in [2.24, 2.45) is 5.92 Å². The average molecular weight is 236 g/mol. The Morgan fingerprint density at radius 3 is 2.94 bits per heavy atom. The minimum absolute atomic E-state index is 0.0821. The van der Waals surface area contributed by atoms with Crippen LogP contribution in [0.25, 0.3) is 0 Å². The summed E-state index contributed by atoms with van der Waals surface area (Å²) in [5, 5.41) is 0. The van der Waals surface area contributed by atoms with Crippen LogP contribution in [0.3, 0.4) is 0 Å². The minimum atomic E-state index is 0.0821. The summed E-state index contributed by atoms with van der Waals surface area (Å²) in [7, 11) is 1.56. The molecule has 4 heteroatoms. The molecule has 0 aromatic carbocycles. The van der Waals surface area contributed by atoms with Gasteiger partial charge in [-0.25, -0.2) is 0 Å². The van der Waals surface area contributed by atoms with Gasteiger partial charge >= 0.3 is 0 Å². The van der Waals surface area contributed by atoms with Gasteiger partial charge in [0, 0.05) is 32.1 Å². The number of aromatic nitrogens is 1. The third kappa shape index (κ3) is 2.22. The first kappa shape index (κ1) is 12.2. The number of methoxy groups -OCH3 is 1. The van der Waals surface area contributed by atoms with Crippen molar-refractivity contribution in [1.82, 2.24) is 9.47 Å². The van der Waals surface area contributed by atoms with E-state index in [9.17, 15) is 4.79 Å². The number of carbonyl (C=O) groups is 1. The van der Waals surface area contributed by atoms with Crippen LogP contribution in [0.2, 0.25) is 0 Å². The number of carbonyl (C=O) groups excluding carboxylic acids is 1. The number of amides is 1. The van der Waals surface area contributed by atoms with E-state index in [2.05, 4.69) is 36.7 Å². The van der Waals surface area contributed by atoms with E-state index in [-0.39, 0.29) is 18.6 Å². The summed E-state index contributed by atoms with van der Waals surface area (Å²) in [5.74, 6) is 0.489. The Morgan fingerprint density at radius 2 is 2.29 bits per heavy atom. The van der Waals surface area contributed by atoms with Crippen LogP contribution < -0.4 is 0 Å².